The van der Waals surface area contributed by atoms with Gasteiger partial charge >= 0.3 is 0 Å². The number of H-pyrrole nitrogens is 1. The average Bonchev–Trinajstić information content (AvgIpc) is 2.89. The van der Waals surface area contributed by atoms with E-state index >= 15 is 0 Å². The van der Waals surface area contributed by atoms with Crippen LogP contribution >= 0.6 is 0 Å². The third kappa shape index (κ3) is 2.29. The van der Waals surface area contributed by atoms with E-state index in [-0.39, 0.29) is 11.9 Å². The number of aromatic nitrogens is 2. The van der Waals surface area contributed by atoms with Crippen LogP contribution in [0.1, 0.15) is 18.5 Å². The number of rotatable bonds is 3. The van der Waals surface area contributed by atoms with Crippen molar-refractivity contribution in [1.29, 1.82) is 0 Å². The second-order valence-electron chi connectivity index (χ2n) is 4.55. The second kappa shape index (κ2) is 4.72. The summed E-state index contributed by atoms with van der Waals surface area (Å²) in [6.07, 6.45) is 1.80. The number of halogens is 1. The van der Waals surface area contributed by atoms with Crippen molar-refractivity contribution in [3.8, 4) is 0 Å². The van der Waals surface area contributed by atoms with Crippen molar-refractivity contribution in [3.05, 3.63) is 60.0 Å². The Kier molecular flexibility index (Phi) is 2.91. The van der Waals surface area contributed by atoms with Crippen molar-refractivity contribution in [2.24, 2.45) is 0 Å². The highest BCUT2D eigenvalue weighted by Gasteiger charge is 2.08. The predicted octanol–water partition coefficient (Wildman–Crippen LogP) is 3.88. The minimum absolute atomic E-state index is 0.0982. The molecule has 3 aromatic rings. The number of nitrogens with one attached hydrogen (secondary N) is 2. The van der Waals surface area contributed by atoms with Gasteiger partial charge in [0.2, 0.25) is 0 Å². The number of hydrogen-bond acceptors (Lipinski definition) is 2. The second-order valence-corrected chi connectivity index (χ2v) is 4.55. The zero-order valence-corrected chi connectivity index (χ0v) is 10.5. The van der Waals surface area contributed by atoms with Crippen LogP contribution in [0.2, 0.25) is 0 Å². The molecule has 19 heavy (non-hydrogen) atoms. The molecule has 1 aromatic heterocycles. The summed E-state index contributed by atoms with van der Waals surface area (Å²) in [4.78, 5) is 0. The highest BCUT2D eigenvalue weighted by molar-refractivity contribution is 5.90. The minimum atomic E-state index is -0.215. The number of fused-ring (bicyclic) bond motifs is 1. The van der Waals surface area contributed by atoms with E-state index in [2.05, 4.69) is 15.5 Å². The van der Waals surface area contributed by atoms with Gasteiger partial charge in [-0.3, -0.25) is 5.10 Å². The molecule has 2 aromatic carbocycles. The first-order valence-electron chi connectivity index (χ1n) is 6.18. The predicted molar refractivity (Wildman–Crippen MR) is 74.5 cm³/mol. The van der Waals surface area contributed by atoms with Crippen LogP contribution in [0.4, 0.5) is 10.1 Å². The number of hydrogen-bond donors (Lipinski definition) is 2. The monoisotopic (exact) mass is 255 g/mol. The summed E-state index contributed by atoms with van der Waals surface area (Å²) < 4.78 is 12.9. The molecule has 1 atom stereocenters. The Balaban J connectivity index is 1.88. The largest absolute Gasteiger partial charge is 0.378 e. The molecule has 0 saturated heterocycles. The Bertz CT molecular complexity index is 688. The maximum atomic E-state index is 12.9. The van der Waals surface area contributed by atoms with E-state index in [1.54, 1.807) is 18.3 Å². The van der Waals surface area contributed by atoms with Crippen molar-refractivity contribution in [2.75, 3.05) is 5.32 Å². The summed E-state index contributed by atoms with van der Waals surface area (Å²) >= 11 is 0. The Morgan fingerprint density at radius 2 is 1.95 bits per heavy atom. The van der Waals surface area contributed by atoms with E-state index in [0.717, 1.165) is 22.2 Å². The van der Waals surface area contributed by atoms with Crippen LogP contribution in [-0.2, 0) is 0 Å². The summed E-state index contributed by atoms with van der Waals surface area (Å²) in [5, 5.41) is 11.5. The lowest BCUT2D eigenvalue weighted by Crippen LogP contribution is -2.06. The van der Waals surface area contributed by atoms with Gasteiger partial charge < -0.3 is 5.32 Å². The molecule has 0 aliphatic heterocycles. The molecule has 2 N–H and O–H groups in total. The number of aromatic amines is 1. The Morgan fingerprint density at radius 3 is 2.74 bits per heavy atom. The van der Waals surface area contributed by atoms with Crippen molar-refractivity contribution in [1.82, 2.24) is 10.2 Å². The van der Waals surface area contributed by atoms with Crippen LogP contribution < -0.4 is 5.32 Å². The molecule has 0 spiro atoms. The van der Waals surface area contributed by atoms with Gasteiger partial charge in [0.1, 0.15) is 5.82 Å². The van der Waals surface area contributed by atoms with Crippen LogP contribution in [0.15, 0.2) is 48.7 Å². The summed E-state index contributed by atoms with van der Waals surface area (Å²) in [5.41, 5.74) is 3.06. The number of nitrogens with zero attached hydrogens (tertiary/aromatic N) is 1. The molecule has 0 aliphatic rings. The molecular weight excluding hydrogens is 241 g/mol. The topological polar surface area (TPSA) is 40.7 Å². The zero-order chi connectivity index (χ0) is 13.2. The molecule has 0 fully saturated rings. The normalized spacial score (nSPS) is 12.5. The van der Waals surface area contributed by atoms with Crippen LogP contribution in [0.25, 0.3) is 10.9 Å². The molecule has 3 rings (SSSR count). The smallest absolute Gasteiger partial charge is 0.123 e. The minimum Gasteiger partial charge on any atom is -0.378 e. The van der Waals surface area contributed by atoms with E-state index in [9.17, 15) is 4.39 Å². The van der Waals surface area contributed by atoms with Gasteiger partial charge in [-0.05, 0) is 36.8 Å². The van der Waals surface area contributed by atoms with E-state index in [1.165, 1.54) is 12.1 Å². The molecule has 0 aliphatic carbocycles. The van der Waals surface area contributed by atoms with Gasteiger partial charge in [-0.1, -0.05) is 18.2 Å². The lowest BCUT2D eigenvalue weighted by Gasteiger charge is -2.16. The van der Waals surface area contributed by atoms with Gasteiger partial charge in [-0.25, -0.2) is 4.39 Å². The maximum absolute atomic E-state index is 12.9. The fraction of sp³-hybridized carbons (Fsp3) is 0.133. The number of benzene rings is 2. The Hall–Kier alpha value is -2.36. The standard InChI is InChI=1S/C15H14FN3/c1-10(11-5-7-12(16)8-6-11)18-14-3-2-4-15-13(14)9-17-19-15/h2-10,18H,1H3,(H,17,19). The SMILES string of the molecule is CC(Nc1cccc2[nH]ncc12)c1ccc(F)cc1. The number of anilines is 1. The average molecular weight is 255 g/mol. The van der Waals surface area contributed by atoms with E-state index in [0.29, 0.717) is 0 Å². The molecule has 3 nitrogen and oxygen atoms in total. The third-order valence-electron chi connectivity index (χ3n) is 3.23. The lowest BCUT2D eigenvalue weighted by molar-refractivity contribution is 0.626. The van der Waals surface area contributed by atoms with Crippen molar-refractivity contribution >= 4 is 16.6 Å². The van der Waals surface area contributed by atoms with Crippen molar-refractivity contribution < 1.29 is 4.39 Å². The van der Waals surface area contributed by atoms with Gasteiger partial charge in [0.15, 0.2) is 0 Å². The van der Waals surface area contributed by atoms with E-state index in [1.807, 2.05) is 25.1 Å². The van der Waals surface area contributed by atoms with Crippen LogP contribution in [0, 0.1) is 5.82 Å². The molecule has 4 heteroatoms. The third-order valence-corrected chi connectivity index (χ3v) is 3.23. The molecule has 0 amide bonds. The highest BCUT2D eigenvalue weighted by atomic mass is 19.1. The van der Waals surface area contributed by atoms with Gasteiger partial charge in [0.25, 0.3) is 0 Å². The molecule has 0 bridgehead atoms. The molecule has 1 unspecified atom stereocenters. The Morgan fingerprint density at radius 1 is 1.16 bits per heavy atom. The summed E-state index contributed by atoms with van der Waals surface area (Å²) in [6.45, 7) is 2.05. The lowest BCUT2D eigenvalue weighted by atomic mass is 10.1. The molecule has 0 saturated carbocycles. The van der Waals surface area contributed by atoms with Crippen LogP contribution in [-0.4, -0.2) is 10.2 Å². The first-order chi connectivity index (χ1) is 9.24. The van der Waals surface area contributed by atoms with Crippen LogP contribution in [0.3, 0.4) is 0 Å². The summed E-state index contributed by atoms with van der Waals surface area (Å²) in [6, 6.07) is 12.6. The van der Waals surface area contributed by atoms with Crippen molar-refractivity contribution in [3.63, 3.8) is 0 Å². The molecule has 0 radical (unpaired) electrons. The van der Waals surface area contributed by atoms with Gasteiger partial charge in [0.05, 0.1) is 11.7 Å². The van der Waals surface area contributed by atoms with Crippen molar-refractivity contribution in [2.45, 2.75) is 13.0 Å². The first-order valence-corrected chi connectivity index (χ1v) is 6.18. The quantitative estimate of drug-likeness (QED) is 0.745. The fourth-order valence-corrected chi connectivity index (χ4v) is 2.16. The summed E-state index contributed by atoms with van der Waals surface area (Å²) in [5.74, 6) is -0.215. The molecular formula is C15H14FN3. The Labute approximate surface area is 110 Å². The highest BCUT2D eigenvalue weighted by Crippen LogP contribution is 2.25. The van der Waals surface area contributed by atoms with E-state index in [4.69, 9.17) is 0 Å². The molecule has 96 valence electrons. The van der Waals surface area contributed by atoms with Gasteiger partial charge in [-0.2, -0.15) is 5.10 Å². The van der Waals surface area contributed by atoms with Gasteiger partial charge in [-0.15, -0.1) is 0 Å². The molecule has 1 heterocycles. The van der Waals surface area contributed by atoms with Crippen LogP contribution in [0.5, 0.6) is 0 Å². The summed E-state index contributed by atoms with van der Waals surface area (Å²) in [7, 11) is 0. The first kappa shape index (κ1) is 11.7. The van der Waals surface area contributed by atoms with Gasteiger partial charge in [0, 0.05) is 17.1 Å². The van der Waals surface area contributed by atoms with E-state index < -0.39 is 0 Å². The fourth-order valence-electron chi connectivity index (χ4n) is 2.16. The maximum Gasteiger partial charge on any atom is 0.123 e. The zero-order valence-electron chi connectivity index (χ0n) is 10.5.